The minimum atomic E-state index is 0.560. The van der Waals surface area contributed by atoms with Crippen LogP contribution in [0.1, 0.15) is 43.4 Å². The van der Waals surface area contributed by atoms with E-state index >= 15 is 0 Å². The predicted octanol–water partition coefficient (Wildman–Crippen LogP) is 4.84. The zero-order chi connectivity index (χ0) is 13.6. The monoisotopic (exact) mass is 287 g/mol. The van der Waals surface area contributed by atoms with Crippen LogP contribution >= 0.6 is 11.3 Å². The van der Waals surface area contributed by atoms with Crippen LogP contribution in [-0.2, 0) is 13.0 Å². The molecule has 3 heteroatoms. The maximum atomic E-state index is 5.73. The van der Waals surface area contributed by atoms with Gasteiger partial charge in [-0.3, -0.25) is 0 Å². The normalized spacial score (nSPS) is 15.6. The number of hydrogen-bond donors (Lipinski definition) is 0. The summed E-state index contributed by atoms with van der Waals surface area (Å²) in [6.07, 6.45) is 8.31. The predicted molar refractivity (Wildman–Crippen MR) is 83.2 cm³/mol. The summed E-state index contributed by atoms with van der Waals surface area (Å²) in [5.41, 5.74) is 4.27. The van der Waals surface area contributed by atoms with E-state index in [1.807, 2.05) is 10.9 Å². The third-order valence-corrected chi connectivity index (χ3v) is 4.74. The van der Waals surface area contributed by atoms with Gasteiger partial charge in [0.1, 0.15) is 12.4 Å². The molecule has 20 heavy (non-hydrogen) atoms. The van der Waals surface area contributed by atoms with Gasteiger partial charge in [0.2, 0.25) is 0 Å². The van der Waals surface area contributed by atoms with Crippen LogP contribution in [0.4, 0.5) is 0 Å². The van der Waals surface area contributed by atoms with Gasteiger partial charge >= 0.3 is 0 Å². The molecule has 0 spiro atoms. The summed E-state index contributed by atoms with van der Waals surface area (Å²) in [4.78, 5) is 4.22. The summed E-state index contributed by atoms with van der Waals surface area (Å²) in [5, 5.41) is 2.02. The molecule has 1 aliphatic rings. The van der Waals surface area contributed by atoms with Crippen LogP contribution in [0.15, 0.2) is 35.2 Å². The van der Waals surface area contributed by atoms with Gasteiger partial charge in [0.25, 0.3) is 0 Å². The molecule has 3 rings (SSSR count). The molecule has 0 saturated heterocycles. The smallest absolute Gasteiger partial charge is 0.131 e. The minimum Gasteiger partial charge on any atom is -0.487 e. The van der Waals surface area contributed by atoms with Gasteiger partial charge in [-0.25, -0.2) is 4.98 Å². The first-order chi connectivity index (χ1) is 9.90. The Morgan fingerprint density at radius 1 is 1.15 bits per heavy atom. The largest absolute Gasteiger partial charge is 0.487 e. The fourth-order valence-electron chi connectivity index (χ4n) is 2.89. The molecular formula is C17H21NOS. The van der Waals surface area contributed by atoms with Crippen LogP contribution < -0.4 is 4.74 Å². The van der Waals surface area contributed by atoms with Crippen LogP contribution in [0.5, 0.6) is 5.75 Å². The number of ether oxygens (including phenoxy) is 1. The molecule has 0 atom stereocenters. The Kier molecular flexibility index (Phi) is 4.69. The SMILES string of the molecule is c1nc(COc2ccc(CCC3CCCC3)cc2)cs1. The Labute approximate surface area is 124 Å². The van der Waals surface area contributed by atoms with Gasteiger partial charge in [0.05, 0.1) is 11.2 Å². The Hall–Kier alpha value is -1.35. The molecule has 2 aromatic rings. The van der Waals surface area contributed by atoms with Crippen molar-refractivity contribution in [3.05, 3.63) is 46.4 Å². The summed E-state index contributed by atoms with van der Waals surface area (Å²) in [7, 11) is 0. The lowest BCUT2D eigenvalue weighted by molar-refractivity contribution is 0.302. The molecule has 1 aromatic heterocycles. The number of benzene rings is 1. The topological polar surface area (TPSA) is 22.1 Å². The van der Waals surface area contributed by atoms with Gasteiger partial charge in [-0.05, 0) is 36.5 Å². The second kappa shape index (κ2) is 6.89. The molecule has 0 N–H and O–H groups in total. The standard InChI is InChI=1S/C17H21NOS/c1-2-4-14(3-1)5-6-15-7-9-17(10-8-15)19-11-16-12-20-13-18-16/h7-10,12-14H,1-6,11H2. The van der Waals surface area contributed by atoms with E-state index in [0.29, 0.717) is 6.61 Å². The maximum absolute atomic E-state index is 5.73. The van der Waals surface area contributed by atoms with Gasteiger partial charge in [-0.15, -0.1) is 11.3 Å². The molecule has 1 heterocycles. The number of aromatic nitrogens is 1. The van der Waals surface area contributed by atoms with Crippen LogP contribution in [0.2, 0.25) is 0 Å². The van der Waals surface area contributed by atoms with Crippen molar-refractivity contribution >= 4 is 11.3 Å². The molecule has 0 bridgehead atoms. The van der Waals surface area contributed by atoms with Crippen molar-refractivity contribution < 1.29 is 4.74 Å². The van der Waals surface area contributed by atoms with E-state index < -0.39 is 0 Å². The molecule has 0 radical (unpaired) electrons. The van der Waals surface area contributed by atoms with E-state index in [0.717, 1.165) is 17.4 Å². The average molecular weight is 287 g/mol. The molecule has 1 aromatic carbocycles. The van der Waals surface area contributed by atoms with Crippen molar-refractivity contribution in [2.75, 3.05) is 0 Å². The number of hydrogen-bond acceptors (Lipinski definition) is 3. The summed E-state index contributed by atoms with van der Waals surface area (Å²) >= 11 is 1.60. The first-order valence-corrected chi connectivity index (χ1v) is 8.43. The quantitative estimate of drug-likeness (QED) is 0.758. The highest BCUT2D eigenvalue weighted by atomic mass is 32.1. The Morgan fingerprint density at radius 3 is 2.65 bits per heavy atom. The highest BCUT2D eigenvalue weighted by Crippen LogP contribution is 2.28. The van der Waals surface area contributed by atoms with Crippen LogP contribution in [0, 0.1) is 5.92 Å². The molecule has 106 valence electrons. The molecule has 1 fully saturated rings. The van der Waals surface area contributed by atoms with Gasteiger partial charge in [0.15, 0.2) is 0 Å². The highest BCUT2D eigenvalue weighted by Gasteiger charge is 2.14. The molecule has 1 saturated carbocycles. The van der Waals surface area contributed by atoms with E-state index in [1.54, 1.807) is 11.3 Å². The van der Waals surface area contributed by atoms with Gasteiger partial charge in [-0.2, -0.15) is 0 Å². The lowest BCUT2D eigenvalue weighted by Crippen LogP contribution is -1.97. The molecule has 0 unspecified atom stereocenters. The van der Waals surface area contributed by atoms with Crippen molar-refractivity contribution in [1.29, 1.82) is 0 Å². The van der Waals surface area contributed by atoms with Crippen molar-refractivity contribution in [2.24, 2.45) is 5.92 Å². The summed E-state index contributed by atoms with van der Waals surface area (Å²) in [6, 6.07) is 8.56. The minimum absolute atomic E-state index is 0.560. The van der Waals surface area contributed by atoms with Crippen molar-refractivity contribution in [3.63, 3.8) is 0 Å². The van der Waals surface area contributed by atoms with E-state index in [4.69, 9.17) is 4.74 Å². The average Bonchev–Trinajstić information content (AvgIpc) is 3.17. The van der Waals surface area contributed by atoms with Gasteiger partial charge < -0.3 is 4.74 Å². The van der Waals surface area contributed by atoms with E-state index in [2.05, 4.69) is 29.2 Å². The van der Waals surface area contributed by atoms with Gasteiger partial charge in [-0.1, -0.05) is 37.8 Å². The number of aryl methyl sites for hydroxylation is 1. The third kappa shape index (κ3) is 3.83. The van der Waals surface area contributed by atoms with Crippen molar-refractivity contribution in [1.82, 2.24) is 4.98 Å². The van der Waals surface area contributed by atoms with Crippen molar-refractivity contribution in [3.8, 4) is 5.75 Å². The third-order valence-electron chi connectivity index (χ3n) is 4.11. The second-order valence-corrected chi connectivity index (χ2v) is 6.32. The van der Waals surface area contributed by atoms with Gasteiger partial charge in [0, 0.05) is 5.38 Å². The Bertz CT molecular complexity index is 500. The Morgan fingerprint density at radius 2 is 1.95 bits per heavy atom. The number of rotatable bonds is 6. The first-order valence-electron chi connectivity index (χ1n) is 7.49. The molecule has 0 aliphatic heterocycles. The highest BCUT2D eigenvalue weighted by molar-refractivity contribution is 7.07. The Balaban J connectivity index is 1.46. The molecule has 1 aliphatic carbocycles. The fourth-order valence-corrected chi connectivity index (χ4v) is 3.43. The summed E-state index contributed by atoms with van der Waals surface area (Å²) < 4.78 is 5.73. The number of thiazole rings is 1. The fraction of sp³-hybridized carbons (Fsp3) is 0.471. The van der Waals surface area contributed by atoms with Crippen LogP contribution in [0.3, 0.4) is 0 Å². The maximum Gasteiger partial charge on any atom is 0.131 e. The van der Waals surface area contributed by atoms with E-state index in [9.17, 15) is 0 Å². The zero-order valence-electron chi connectivity index (χ0n) is 11.8. The lowest BCUT2D eigenvalue weighted by atomic mass is 9.98. The molecule has 0 amide bonds. The molecular weight excluding hydrogens is 266 g/mol. The zero-order valence-corrected chi connectivity index (χ0v) is 12.6. The van der Waals surface area contributed by atoms with Crippen LogP contribution in [-0.4, -0.2) is 4.98 Å². The molecule has 2 nitrogen and oxygen atoms in total. The van der Waals surface area contributed by atoms with Crippen LogP contribution in [0.25, 0.3) is 0 Å². The summed E-state index contributed by atoms with van der Waals surface area (Å²) in [6.45, 7) is 0.560. The van der Waals surface area contributed by atoms with E-state index in [1.165, 1.54) is 44.1 Å². The first kappa shape index (κ1) is 13.6. The number of nitrogens with zero attached hydrogens (tertiary/aromatic N) is 1. The summed E-state index contributed by atoms with van der Waals surface area (Å²) in [5.74, 6) is 1.90. The second-order valence-electron chi connectivity index (χ2n) is 5.60. The lowest BCUT2D eigenvalue weighted by Gasteiger charge is -2.09. The van der Waals surface area contributed by atoms with Crippen molar-refractivity contribution in [2.45, 2.75) is 45.1 Å². The van der Waals surface area contributed by atoms with E-state index in [-0.39, 0.29) is 0 Å².